The molecular weight excluding hydrogens is 291 g/mol. The molecule has 1 N–H and O–H groups in total. The van der Waals surface area contributed by atoms with Gasteiger partial charge in [-0.3, -0.25) is 14.2 Å². The molecule has 2 aromatic heterocycles. The quantitative estimate of drug-likeness (QED) is 0.752. The second-order valence-electron chi connectivity index (χ2n) is 4.54. The molecule has 0 saturated heterocycles. The van der Waals surface area contributed by atoms with Gasteiger partial charge < -0.3 is 0 Å². The Labute approximate surface area is 124 Å². The molecule has 0 bridgehead atoms. The first-order valence-corrected chi connectivity index (χ1v) is 7.50. The van der Waals surface area contributed by atoms with Crippen molar-refractivity contribution in [1.29, 1.82) is 0 Å². The van der Waals surface area contributed by atoms with Crippen LogP contribution in [0.3, 0.4) is 0 Å². The average molecular weight is 304 g/mol. The van der Waals surface area contributed by atoms with E-state index in [1.807, 2.05) is 17.4 Å². The molecule has 0 fully saturated rings. The predicted octanol–water partition coefficient (Wildman–Crippen LogP) is 2.41. The number of nitrogens with one attached hydrogen (secondary N) is 1. The molecule has 21 heavy (non-hydrogen) atoms. The molecule has 2 heterocycles. The fourth-order valence-corrected chi connectivity index (χ4v) is 3.01. The molecule has 0 aliphatic rings. The zero-order valence-electron chi connectivity index (χ0n) is 11.3. The second-order valence-corrected chi connectivity index (χ2v) is 5.48. The number of fused-ring (bicyclic) bond motifs is 1. The number of aromatic amines is 1. The molecule has 5 nitrogen and oxygen atoms in total. The third-order valence-electron chi connectivity index (χ3n) is 3.07. The molecule has 0 unspecified atom stereocenters. The van der Waals surface area contributed by atoms with E-state index in [2.05, 4.69) is 15.2 Å². The molecule has 108 valence electrons. The lowest BCUT2D eigenvalue weighted by Gasteiger charge is -2.05. The van der Waals surface area contributed by atoms with E-state index in [1.165, 1.54) is 23.9 Å². The predicted molar refractivity (Wildman–Crippen MR) is 78.9 cm³/mol. The first-order chi connectivity index (χ1) is 10.2. The third kappa shape index (κ3) is 2.82. The molecule has 0 aliphatic carbocycles. The average Bonchev–Trinajstić information content (AvgIpc) is 2.87. The Kier molecular flexibility index (Phi) is 3.74. The first-order valence-electron chi connectivity index (χ1n) is 6.52. The second kappa shape index (κ2) is 5.69. The normalized spacial score (nSPS) is 11.1. The number of thioether (sulfide) groups is 1. The summed E-state index contributed by atoms with van der Waals surface area (Å²) < 4.78 is 15.0. The van der Waals surface area contributed by atoms with E-state index in [1.54, 1.807) is 12.1 Å². The Hall–Kier alpha value is -2.15. The number of hydrogen-bond donors (Lipinski definition) is 1. The van der Waals surface area contributed by atoms with Gasteiger partial charge in [-0.2, -0.15) is 0 Å². The van der Waals surface area contributed by atoms with Crippen molar-refractivity contribution >= 4 is 17.5 Å². The van der Waals surface area contributed by atoms with Gasteiger partial charge in [0.2, 0.25) is 5.78 Å². The maximum absolute atomic E-state index is 13.2. The number of H-pyrrole nitrogens is 1. The van der Waals surface area contributed by atoms with Crippen molar-refractivity contribution in [1.82, 2.24) is 19.6 Å². The number of halogens is 1. The largest absolute Gasteiger partial charge is 0.291 e. The number of aromatic nitrogens is 4. The molecule has 0 spiro atoms. The zero-order chi connectivity index (χ0) is 14.8. The summed E-state index contributed by atoms with van der Waals surface area (Å²) in [5.41, 5.74) is 1.54. The summed E-state index contributed by atoms with van der Waals surface area (Å²) in [6, 6.07) is 8.01. The topological polar surface area (TPSA) is 63.0 Å². The van der Waals surface area contributed by atoms with Crippen molar-refractivity contribution in [2.45, 2.75) is 24.3 Å². The van der Waals surface area contributed by atoms with Crippen LogP contribution in [0, 0.1) is 5.82 Å². The van der Waals surface area contributed by atoms with Gasteiger partial charge in [0.1, 0.15) is 5.82 Å². The Morgan fingerprint density at radius 2 is 2.19 bits per heavy atom. The molecule has 3 aromatic rings. The Balaban J connectivity index is 1.92. The van der Waals surface area contributed by atoms with E-state index < -0.39 is 0 Å². The monoisotopic (exact) mass is 304 g/mol. The van der Waals surface area contributed by atoms with Gasteiger partial charge in [-0.1, -0.05) is 30.8 Å². The lowest BCUT2D eigenvalue weighted by molar-refractivity contribution is 0.626. The molecule has 7 heteroatoms. The van der Waals surface area contributed by atoms with Crippen LogP contribution < -0.4 is 5.56 Å². The molecule has 0 amide bonds. The molecular formula is C14H13FN4OS. The van der Waals surface area contributed by atoms with Crippen LogP contribution in [0.15, 0.2) is 40.3 Å². The van der Waals surface area contributed by atoms with Gasteiger partial charge in [0.15, 0.2) is 5.16 Å². The summed E-state index contributed by atoms with van der Waals surface area (Å²) in [5.74, 6) is 0.764. The van der Waals surface area contributed by atoms with E-state index in [4.69, 9.17) is 0 Å². The molecule has 3 rings (SSSR count). The van der Waals surface area contributed by atoms with Gasteiger partial charge >= 0.3 is 0 Å². The molecule has 1 aromatic carbocycles. The van der Waals surface area contributed by atoms with E-state index in [0.717, 1.165) is 11.3 Å². The van der Waals surface area contributed by atoms with Crippen LogP contribution in [-0.4, -0.2) is 19.6 Å². The van der Waals surface area contributed by atoms with Crippen LogP contribution in [0.2, 0.25) is 0 Å². The number of rotatable bonds is 4. The lowest BCUT2D eigenvalue weighted by atomic mass is 10.2. The summed E-state index contributed by atoms with van der Waals surface area (Å²) in [6.07, 6.45) is 0.700. The Morgan fingerprint density at radius 3 is 2.95 bits per heavy atom. The summed E-state index contributed by atoms with van der Waals surface area (Å²) in [7, 11) is 0. The van der Waals surface area contributed by atoms with Gasteiger partial charge in [-0.05, 0) is 24.1 Å². The van der Waals surface area contributed by atoms with Gasteiger partial charge in [0, 0.05) is 17.5 Å². The minimum atomic E-state index is -0.252. The highest BCUT2D eigenvalue weighted by Gasteiger charge is 2.11. The number of nitrogens with zero attached hydrogens (tertiary/aromatic N) is 3. The summed E-state index contributed by atoms with van der Waals surface area (Å²) in [6.45, 7) is 1.97. The summed E-state index contributed by atoms with van der Waals surface area (Å²) in [4.78, 5) is 14.2. The van der Waals surface area contributed by atoms with Crippen LogP contribution in [0.1, 0.15) is 18.2 Å². The molecule has 0 aliphatic heterocycles. The summed E-state index contributed by atoms with van der Waals surface area (Å²) >= 11 is 1.45. The standard InChI is InChI=1S/C14H13FN4OS/c1-2-11-7-12(20)16-13-17-18-14(19(11)13)21-8-9-4-3-5-10(15)6-9/h3-7H,2,8H2,1H3,(H,16,17,20). The van der Waals surface area contributed by atoms with Gasteiger partial charge in [0.25, 0.3) is 5.56 Å². The zero-order valence-corrected chi connectivity index (χ0v) is 12.2. The highest BCUT2D eigenvalue weighted by molar-refractivity contribution is 7.98. The number of aryl methyl sites for hydroxylation is 1. The Bertz CT molecular complexity index is 842. The number of benzene rings is 1. The minimum absolute atomic E-state index is 0.187. The van der Waals surface area contributed by atoms with E-state index in [-0.39, 0.29) is 11.4 Å². The minimum Gasteiger partial charge on any atom is -0.291 e. The molecule has 0 atom stereocenters. The van der Waals surface area contributed by atoms with Crippen LogP contribution in [0.25, 0.3) is 5.78 Å². The van der Waals surface area contributed by atoms with Crippen molar-refractivity contribution in [2.24, 2.45) is 0 Å². The van der Waals surface area contributed by atoms with Crippen molar-refractivity contribution in [3.8, 4) is 0 Å². The van der Waals surface area contributed by atoms with Crippen LogP contribution in [0.4, 0.5) is 4.39 Å². The van der Waals surface area contributed by atoms with Crippen molar-refractivity contribution < 1.29 is 4.39 Å². The van der Waals surface area contributed by atoms with Gasteiger partial charge in [-0.25, -0.2) is 4.39 Å². The van der Waals surface area contributed by atoms with Crippen LogP contribution in [-0.2, 0) is 12.2 Å². The first kappa shape index (κ1) is 13.8. The third-order valence-corrected chi connectivity index (χ3v) is 4.07. The van der Waals surface area contributed by atoms with Gasteiger partial charge in [-0.15, -0.1) is 10.2 Å². The molecule has 0 radical (unpaired) electrons. The van der Waals surface area contributed by atoms with Gasteiger partial charge in [0.05, 0.1) is 0 Å². The maximum atomic E-state index is 13.2. The fraction of sp³-hybridized carbons (Fsp3) is 0.214. The number of hydrogen-bond acceptors (Lipinski definition) is 4. The van der Waals surface area contributed by atoms with Crippen molar-refractivity contribution in [2.75, 3.05) is 0 Å². The van der Waals surface area contributed by atoms with E-state index >= 15 is 0 Å². The SMILES string of the molecule is CCc1cc(=O)[nH]c2nnc(SCc3cccc(F)c3)n12. The Morgan fingerprint density at radius 1 is 1.33 bits per heavy atom. The smallest absolute Gasteiger partial charge is 0.252 e. The van der Waals surface area contributed by atoms with Crippen LogP contribution >= 0.6 is 11.8 Å². The maximum Gasteiger partial charge on any atom is 0.252 e. The lowest BCUT2D eigenvalue weighted by Crippen LogP contribution is -2.11. The highest BCUT2D eigenvalue weighted by atomic mass is 32.2. The van der Waals surface area contributed by atoms with E-state index in [0.29, 0.717) is 23.1 Å². The fourth-order valence-electron chi connectivity index (χ4n) is 2.10. The van der Waals surface area contributed by atoms with E-state index in [9.17, 15) is 9.18 Å². The van der Waals surface area contributed by atoms with Crippen molar-refractivity contribution in [3.05, 3.63) is 57.8 Å². The highest BCUT2D eigenvalue weighted by Crippen LogP contribution is 2.22. The van der Waals surface area contributed by atoms with Crippen molar-refractivity contribution in [3.63, 3.8) is 0 Å². The summed E-state index contributed by atoms with van der Waals surface area (Å²) in [5, 5.41) is 8.76. The molecule has 0 saturated carbocycles. The van der Waals surface area contributed by atoms with Crippen LogP contribution in [0.5, 0.6) is 0 Å².